The molecule has 1 amide bonds. The summed E-state index contributed by atoms with van der Waals surface area (Å²) in [4.78, 5) is 35.7. The number of carbonyl (C=O) groups is 2. The molecule has 9 heteroatoms. The summed E-state index contributed by atoms with van der Waals surface area (Å²) in [6.07, 6.45) is 4.21. The fraction of sp³-hybridized carbons (Fsp3) is 0.385. The maximum absolute atomic E-state index is 12.7. The molecule has 3 heterocycles. The molecule has 2 aromatic carbocycles. The zero-order valence-corrected chi connectivity index (χ0v) is 19.6. The van der Waals surface area contributed by atoms with Crippen molar-refractivity contribution in [2.75, 3.05) is 31.1 Å². The maximum atomic E-state index is 12.7. The minimum absolute atomic E-state index is 0.0274. The van der Waals surface area contributed by atoms with Crippen LogP contribution in [-0.2, 0) is 9.59 Å². The fourth-order valence-corrected chi connectivity index (χ4v) is 4.98. The van der Waals surface area contributed by atoms with Crippen LogP contribution < -0.4 is 15.5 Å². The highest BCUT2D eigenvalue weighted by Crippen LogP contribution is 2.33. The van der Waals surface area contributed by atoms with Crippen molar-refractivity contribution in [2.24, 2.45) is 10.9 Å². The first-order valence-corrected chi connectivity index (χ1v) is 12.2. The van der Waals surface area contributed by atoms with E-state index in [0.29, 0.717) is 5.96 Å². The van der Waals surface area contributed by atoms with Gasteiger partial charge in [-0.3, -0.25) is 19.9 Å². The lowest BCUT2D eigenvalue weighted by molar-refractivity contribution is -0.137. The van der Waals surface area contributed by atoms with Gasteiger partial charge in [-0.15, -0.1) is 0 Å². The molecular weight excluding hydrogens is 444 g/mol. The monoisotopic (exact) mass is 474 g/mol. The van der Waals surface area contributed by atoms with Crippen molar-refractivity contribution < 1.29 is 14.7 Å². The van der Waals surface area contributed by atoms with Gasteiger partial charge in [0, 0.05) is 32.1 Å². The van der Waals surface area contributed by atoms with Gasteiger partial charge in [0.05, 0.1) is 30.0 Å². The van der Waals surface area contributed by atoms with Crippen LogP contribution in [0, 0.1) is 5.92 Å². The number of fused-ring (bicyclic) bond motifs is 1. The number of anilines is 1. The molecule has 0 aliphatic carbocycles. The van der Waals surface area contributed by atoms with Gasteiger partial charge in [0.15, 0.2) is 5.96 Å². The predicted octanol–water partition coefficient (Wildman–Crippen LogP) is 2.78. The lowest BCUT2D eigenvalue weighted by Crippen LogP contribution is -2.48. The van der Waals surface area contributed by atoms with Gasteiger partial charge in [-0.1, -0.05) is 36.4 Å². The number of nitrogens with zero attached hydrogens (tertiary/aromatic N) is 4. The van der Waals surface area contributed by atoms with Crippen LogP contribution in [0.1, 0.15) is 37.3 Å². The standard InChI is InChI=1S/C26H30N6O3/c33-23(34)16-22(18-6-2-1-3-7-18)32-17-29-24-20(8-4-9-21(24)32)31-14-10-19(11-15-31)25(35)30-26-27-12-5-13-28-26/h1-4,6-9,17,19,22H,5,10-16H2,(H,33,34)(H2,27,28,30,35). The molecule has 3 N–H and O–H groups in total. The number of guanidine groups is 1. The van der Waals surface area contributed by atoms with E-state index in [1.807, 2.05) is 47.0 Å². The highest BCUT2D eigenvalue weighted by Gasteiger charge is 2.28. The van der Waals surface area contributed by atoms with Crippen LogP contribution in [-0.4, -0.2) is 58.7 Å². The first kappa shape index (κ1) is 22.9. The second-order valence-corrected chi connectivity index (χ2v) is 9.08. The molecule has 5 rings (SSSR count). The number of aromatic nitrogens is 2. The Bertz CT molecular complexity index is 1230. The Hall–Kier alpha value is -3.88. The number of para-hydroxylation sites is 1. The molecule has 9 nitrogen and oxygen atoms in total. The van der Waals surface area contributed by atoms with E-state index in [1.165, 1.54) is 0 Å². The van der Waals surface area contributed by atoms with Crippen molar-refractivity contribution in [1.29, 1.82) is 0 Å². The Kier molecular flexibility index (Phi) is 6.65. The molecule has 0 saturated carbocycles. The number of imidazole rings is 1. The van der Waals surface area contributed by atoms with Crippen molar-refractivity contribution in [3.8, 4) is 0 Å². The second-order valence-electron chi connectivity index (χ2n) is 9.08. The number of carbonyl (C=O) groups excluding carboxylic acids is 1. The second kappa shape index (κ2) is 10.2. The molecule has 0 spiro atoms. The van der Waals surface area contributed by atoms with Crippen LogP contribution in [0.15, 0.2) is 59.9 Å². The molecule has 3 aromatic rings. The SMILES string of the molecule is O=C(O)CC(c1ccccc1)n1cnc2c(N3CCC(C(=O)NC4=NCCCN4)CC3)cccc21. The first-order chi connectivity index (χ1) is 17.1. The topological polar surface area (TPSA) is 112 Å². The molecule has 1 fully saturated rings. The van der Waals surface area contributed by atoms with Crippen molar-refractivity contribution in [3.05, 3.63) is 60.4 Å². The number of benzene rings is 2. The van der Waals surface area contributed by atoms with Crippen LogP contribution in [0.2, 0.25) is 0 Å². The van der Waals surface area contributed by atoms with E-state index in [4.69, 9.17) is 4.98 Å². The zero-order valence-electron chi connectivity index (χ0n) is 19.6. The highest BCUT2D eigenvalue weighted by molar-refractivity contribution is 5.98. The Balaban J connectivity index is 1.33. The number of piperidine rings is 1. The van der Waals surface area contributed by atoms with Crippen LogP contribution in [0.3, 0.4) is 0 Å². The summed E-state index contributed by atoms with van der Waals surface area (Å²) in [5.41, 5.74) is 3.70. The van der Waals surface area contributed by atoms with Crippen molar-refractivity contribution in [2.45, 2.75) is 31.7 Å². The van der Waals surface area contributed by atoms with Crippen LogP contribution in [0.25, 0.3) is 11.0 Å². The molecule has 182 valence electrons. The lowest BCUT2D eigenvalue weighted by atomic mass is 9.95. The molecular formula is C26H30N6O3. The van der Waals surface area contributed by atoms with E-state index < -0.39 is 5.97 Å². The number of aliphatic imine (C=N–C) groups is 1. The third-order valence-electron chi connectivity index (χ3n) is 6.82. The number of hydrogen-bond donors (Lipinski definition) is 3. The largest absolute Gasteiger partial charge is 0.481 e. The van der Waals surface area contributed by atoms with Gasteiger partial charge in [-0.05, 0) is 37.0 Å². The normalized spacial score (nSPS) is 17.5. The Morgan fingerprint density at radius 1 is 1.11 bits per heavy atom. The van der Waals surface area contributed by atoms with E-state index in [0.717, 1.165) is 67.7 Å². The average Bonchev–Trinajstić information content (AvgIpc) is 3.32. The van der Waals surface area contributed by atoms with Crippen LogP contribution in [0.4, 0.5) is 5.69 Å². The number of amides is 1. The minimum atomic E-state index is -0.855. The molecule has 0 bridgehead atoms. The smallest absolute Gasteiger partial charge is 0.305 e. The Morgan fingerprint density at radius 2 is 1.91 bits per heavy atom. The van der Waals surface area contributed by atoms with Crippen LogP contribution in [0.5, 0.6) is 0 Å². The highest BCUT2D eigenvalue weighted by atomic mass is 16.4. The van der Waals surface area contributed by atoms with E-state index in [2.05, 4.69) is 26.6 Å². The Labute approximate surface area is 203 Å². The summed E-state index contributed by atoms with van der Waals surface area (Å²) < 4.78 is 1.96. The van der Waals surface area contributed by atoms with Gasteiger partial charge in [-0.25, -0.2) is 4.98 Å². The van der Waals surface area contributed by atoms with Crippen molar-refractivity contribution >= 4 is 34.6 Å². The number of rotatable bonds is 6. The summed E-state index contributed by atoms with van der Waals surface area (Å²) in [5, 5.41) is 15.6. The summed E-state index contributed by atoms with van der Waals surface area (Å²) >= 11 is 0. The number of hydrogen-bond acceptors (Lipinski definition) is 6. The van der Waals surface area contributed by atoms with Gasteiger partial charge in [0.25, 0.3) is 0 Å². The Morgan fingerprint density at radius 3 is 2.63 bits per heavy atom. The molecule has 1 unspecified atom stereocenters. The average molecular weight is 475 g/mol. The van der Waals surface area contributed by atoms with E-state index >= 15 is 0 Å². The number of carboxylic acid groups (broad SMARTS) is 1. The minimum Gasteiger partial charge on any atom is -0.481 e. The zero-order chi connectivity index (χ0) is 24.2. The number of carboxylic acids is 1. The molecule has 0 radical (unpaired) electrons. The molecule has 1 aromatic heterocycles. The fourth-order valence-electron chi connectivity index (χ4n) is 4.98. The molecule has 2 aliphatic rings. The first-order valence-electron chi connectivity index (χ1n) is 12.2. The van der Waals surface area contributed by atoms with Gasteiger partial charge < -0.3 is 19.9 Å². The third-order valence-corrected chi connectivity index (χ3v) is 6.82. The quantitative estimate of drug-likeness (QED) is 0.507. The van der Waals surface area contributed by atoms with Gasteiger partial charge in [0.2, 0.25) is 5.91 Å². The number of nitrogens with one attached hydrogen (secondary N) is 2. The van der Waals surface area contributed by atoms with Gasteiger partial charge in [-0.2, -0.15) is 0 Å². The van der Waals surface area contributed by atoms with Crippen molar-refractivity contribution in [1.82, 2.24) is 20.2 Å². The maximum Gasteiger partial charge on any atom is 0.305 e. The summed E-state index contributed by atoms with van der Waals surface area (Å²) in [5.74, 6) is -0.285. The van der Waals surface area contributed by atoms with E-state index in [-0.39, 0.29) is 24.3 Å². The third kappa shape index (κ3) is 4.99. The number of aliphatic carboxylic acids is 1. The lowest BCUT2D eigenvalue weighted by Gasteiger charge is -2.33. The van der Waals surface area contributed by atoms with E-state index in [9.17, 15) is 14.7 Å². The van der Waals surface area contributed by atoms with Gasteiger partial charge in [0.1, 0.15) is 5.52 Å². The summed E-state index contributed by atoms with van der Waals surface area (Å²) in [6.45, 7) is 3.09. The van der Waals surface area contributed by atoms with Crippen LogP contribution >= 0.6 is 0 Å². The van der Waals surface area contributed by atoms with Gasteiger partial charge >= 0.3 is 5.97 Å². The molecule has 1 saturated heterocycles. The molecule has 2 aliphatic heterocycles. The van der Waals surface area contributed by atoms with E-state index in [1.54, 1.807) is 6.33 Å². The molecule has 1 atom stereocenters. The van der Waals surface area contributed by atoms with Crippen molar-refractivity contribution in [3.63, 3.8) is 0 Å². The molecule has 35 heavy (non-hydrogen) atoms. The summed E-state index contributed by atoms with van der Waals surface area (Å²) in [6, 6.07) is 15.4. The predicted molar refractivity (Wildman–Crippen MR) is 135 cm³/mol. The summed E-state index contributed by atoms with van der Waals surface area (Å²) in [7, 11) is 0.